The van der Waals surface area contributed by atoms with Gasteiger partial charge in [-0.2, -0.15) is 0 Å². The van der Waals surface area contributed by atoms with Crippen molar-refractivity contribution in [3.05, 3.63) is 18.0 Å². The van der Waals surface area contributed by atoms with Crippen LogP contribution in [0.1, 0.15) is 23.8 Å². The van der Waals surface area contributed by atoms with E-state index in [1.807, 2.05) is 0 Å². The van der Waals surface area contributed by atoms with Crippen molar-refractivity contribution in [2.24, 2.45) is 0 Å². The SMILES string of the molecule is CCn1cc(S(=O)(=O)NCCC(O)COC)cc1C(=O)O. The highest BCUT2D eigenvalue weighted by Gasteiger charge is 2.20. The molecule has 0 spiro atoms. The number of carboxylic acid groups (broad SMARTS) is 1. The molecule has 0 aliphatic rings. The second-order valence-corrected chi connectivity index (χ2v) is 6.21. The van der Waals surface area contributed by atoms with E-state index >= 15 is 0 Å². The summed E-state index contributed by atoms with van der Waals surface area (Å²) in [5, 5.41) is 18.4. The molecule has 1 atom stereocenters. The molecule has 1 heterocycles. The normalized spacial score (nSPS) is 13.3. The Kier molecular flexibility index (Phi) is 6.34. The number of hydrogen-bond donors (Lipinski definition) is 3. The first-order valence-electron chi connectivity index (χ1n) is 6.42. The van der Waals surface area contributed by atoms with Gasteiger partial charge in [0.1, 0.15) is 10.6 Å². The number of methoxy groups -OCH3 is 1. The predicted molar refractivity (Wildman–Crippen MR) is 74.8 cm³/mol. The molecule has 21 heavy (non-hydrogen) atoms. The van der Waals surface area contributed by atoms with E-state index in [9.17, 15) is 18.3 Å². The summed E-state index contributed by atoms with van der Waals surface area (Å²) >= 11 is 0. The van der Waals surface area contributed by atoms with Gasteiger partial charge in [-0.25, -0.2) is 17.9 Å². The van der Waals surface area contributed by atoms with Gasteiger partial charge >= 0.3 is 5.97 Å². The van der Waals surface area contributed by atoms with Gasteiger partial charge in [0, 0.05) is 26.4 Å². The zero-order valence-electron chi connectivity index (χ0n) is 11.9. The van der Waals surface area contributed by atoms with Crippen LogP contribution in [0.4, 0.5) is 0 Å². The number of aromatic carboxylic acids is 1. The van der Waals surface area contributed by atoms with Crippen molar-refractivity contribution in [1.82, 2.24) is 9.29 Å². The second-order valence-electron chi connectivity index (χ2n) is 4.45. The summed E-state index contributed by atoms with van der Waals surface area (Å²) in [7, 11) is -2.36. The molecule has 0 fully saturated rings. The number of sulfonamides is 1. The van der Waals surface area contributed by atoms with Crippen LogP contribution in [0.3, 0.4) is 0 Å². The molecule has 0 bridgehead atoms. The minimum absolute atomic E-state index is 0.0343. The fraction of sp³-hybridized carbons (Fsp3) is 0.583. The lowest BCUT2D eigenvalue weighted by Crippen LogP contribution is -2.28. The van der Waals surface area contributed by atoms with E-state index in [1.165, 1.54) is 17.9 Å². The number of carboxylic acids is 1. The maximum absolute atomic E-state index is 12.0. The lowest BCUT2D eigenvalue weighted by atomic mass is 10.3. The largest absolute Gasteiger partial charge is 0.477 e. The molecule has 3 N–H and O–H groups in total. The predicted octanol–water partition coefficient (Wildman–Crippen LogP) is -0.118. The molecule has 0 saturated heterocycles. The van der Waals surface area contributed by atoms with Crippen molar-refractivity contribution in [2.45, 2.75) is 30.9 Å². The minimum Gasteiger partial charge on any atom is -0.477 e. The first-order chi connectivity index (χ1) is 9.81. The van der Waals surface area contributed by atoms with E-state index in [1.54, 1.807) is 6.92 Å². The molecule has 0 aliphatic heterocycles. The smallest absolute Gasteiger partial charge is 0.352 e. The zero-order valence-corrected chi connectivity index (χ0v) is 12.8. The van der Waals surface area contributed by atoms with Crippen molar-refractivity contribution < 1.29 is 28.2 Å². The van der Waals surface area contributed by atoms with E-state index < -0.39 is 22.1 Å². The fourth-order valence-electron chi connectivity index (χ4n) is 1.79. The van der Waals surface area contributed by atoms with Gasteiger partial charge in [-0.05, 0) is 19.4 Å². The molecular weight excluding hydrogens is 300 g/mol. The Hall–Kier alpha value is -1.42. The molecule has 0 aliphatic carbocycles. The molecule has 1 aromatic rings. The van der Waals surface area contributed by atoms with Crippen molar-refractivity contribution in [3.8, 4) is 0 Å². The monoisotopic (exact) mass is 320 g/mol. The minimum atomic E-state index is -3.80. The number of nitrogens with zero attached hydrogens (tertiary/aromatic N) is 1. The van der Waals surface area contributed by atoms with Crippen molar-refractivity contribution in [1.29, 1.82) is 0 Å². The quantitative estimate of drug-likeness (QED) is 0.584. The van der Waals surface area contributed by atoms with Gasteiger partial charge in [-0.1, -0.05) is 0 Å². The number of nitrogens with one attached hydrogen (secondary N) is 1. The third kappa shape index (κ3) is 4.81. The Bertz CT molecular complexity index is 581. The van der Waals surface area contributed by atoms with Crippen LogP contribution in [-0.2, 0) is 21.3 Å². The Morgan fingerprint density at radius 1 is 1.52 bits per heavy atom. The van der Waals surface area contributed by atoms with Gasteiger partial charge in [0.25, 0.3) is 0 Å². The first-order valence-corrected chi connectivity index (χ1v) is 7.90. The Labute approximate surface area is 123 Å². The summed E-state index contributed by atoms with van der Waals surface area (Å²) in [5.41, 5.74) is -0.0858. The molecule has 0 amide bonds. The number of aromatic nitrogens is 1. The van der Waals surface area contributed by atoms with Crippen LogP contribution < -0.4 is 4.72 Å². The summed E-state index contributed by atoms with van der Waals surface area (Å²) < 4.78 is 32.5. The standard InChI is InChI=1S/C12H20N2O6S/c1-3-14-7-10(6-11(14)12(16)17)21(18,19)13-5-4-9(15)8-20-2/h6-7,9,13,15H,3-5,8H2,1-2H3,(H,16,17). The molecule has 1 unspecified atom stereocenters. The number of aliphatic hydroxyl groups excluding tert-OH is 1. The van der Waals surface area contributed by atoms with Crippen molar-refractivity contribution >= 4 is 16.0 Å². The number of carbonyl (C=O) groups is 1. The van der Waals surface area contributed by atoms with Gasteiger partial charge in [0.05, 0.1) is 12.7 Å². The Morgan fingerprint density at radius 3 is 2.67 bits per heavy atom. The van der Waals surface area contributed by atoms with Crippen LogP contribution in [0.5, 0.6) is 0 Å². The van der Waals surface area contributed by atoms with E-state index in [0.717, 1.165) is 6.07 Å². The topological polar surface area (TPSA) is 118 Å². The average molecular weight is 320 g/mol. The van der Waals surface area contributed by atoms with Gasteiger partial charge in [0.15, 0.2) is 0 Å². The van der Waals surface area contributed by atoms with Gasteiger partial charge in [-0.15, -0.1) is 0 Å². The molecule has 0 aromatic carbocycles. The highest BCUT2D eigenvalue weighted by atomic mass is 32.2. The zero-order chi connectivity index (χ0) is 16.0. The maximum Gasteiger partial charge on any atom is 0.352 e. The molecular formula is C12H20N2O6S. The fourth-order valence-corrected chi connectivity index (χ4v) is 2.88. The summed E-state index contributed by atoms with van der Waals surface area (Å²) in [6.07, 6.45) is 0.720. The lowest BCUT2D eigenvalue weighted by Gasteiger charge is -2.09. The molecule has 9 heteroatoms. The highest BCUT2D eigenvalue weighted by molar-refractivity contribution is 7.89. The highest BCUT2D eigenvalue weighted by Crippen LogP contribution is 2.14. The number of aryl methyl sites for hydroxylation is 1. The van der Waals surface area contributed by atoms with E-state index in [-0.39, 0.29) is 30.2 Å². The van der Waals surface area contributed by atoms with Crippen LogP contribution in [0.25, 0.3) is 0 Å². The van der Waals surface area contributed by atoms with Crippen LogP contribution in [0.2, 0.25) is 0 Å². The second kappa shape index (κ2) is 7.55. The van der Waals surface area contributed by atoms with Crippen LogP contribution in [-0.4, -0.2) is 55.5 Å². The van der Waals surface area contributed by atoms with Crippen molar-refractivity contribution in [2.75, 3.05) is 20.3 Å². The van der Waals surface area contributed by atoms with Crippen LogP contribution >= 0.6 is 0 Å². The van der Waals surface area contributed by atoms with Gasteiger partial charge in [-0.3, -0.25) is 0 Å². The third-order valence-electron chi connectivity index (χ3n) is 2.87. The van der Waals surface area contributed by atoms with Crippen LogP contribution in [0.15, 0.2) is 17.2 Å². The first kappa shape index (κ1) is 17.6. The summed E-state index contributed by atoms with van der Waals surface area (Å²) in [5.74, 6) is -1.19. The third-order valence-corrected chi connectivity index (χ3v) is 4.30. The number of ether oxygens (including phenoxy) is 1. The molecule has 8 nitrogen and oxygen atoms in total. The molecule has 1 aromatic heterocycles. The average Bonchev–Trinajstić information content (AvgIpc) is 2.83. The van der Waals surface area contributed by atoms with E-state index in [0.29, 0.717) is 6.54 Å². The molecule has 0 saturated carbocycles. The summed E-state index contributed by atoms with van der Waals surface area (Å²) in [4.78, 5) is 10.9. The van der Waals surface area contributed by atoms with Crippen LogP contribution in [0, 0.1) is 0 Å². The van der Waals surface area contributed by atoms with Gasteiger partial charge < -0.3 is 19.5 Å². The van der Waals surface area contributed by atoms with E-state index in [2.05, 4.69) is 4.72 Å². The van der Waals surface area contributed by atoms with Crippen molar-refractivity contribution in [3.63, 3.8) is 0 Å². The number of hydrogen-bond acceptors (Lipinski definition) is 5. The molecule has 120 valence electrons. The summed E-state index contributed by atoms with van der Waals surface area (Å²) in [6.45, 7) is 2.23. The number of rotatable bonds is 9. The molecule has 0 radical (unpaired) electrons. The molecule has 1 rings (SSSR count). The Morgan fingerprint density at radius 2 is 2.19 bits per heavy atom. The lowest BCUT2D eigenvalue weighted by molar-refractivity contribution is 0.0603. The summed E-state index contributed by atoms with van der Waals surface area (Å²) in [6, 6.07) is 1.11. The maximum atomic E-state index is 12.0. The Balaban J connectivity index is 2.77. The number of aliphatic hydroxyl groups is 1. The van der Waals surface area contributed by atoms with E-state index in [4.69, 9.17) is 9.84 Å². The van der Waals surface area contributed by atoms with Gasteiger partial charge in [0.2, 0.25) is 10.0 Å².